The van der Waals surface area contributed by atoms with Crippen molar-refractivity contribution in [3.05, 3.63) is 214 Å². The monoisotopic (exact) mass is 1100 g/mol. The Balaban J connectivity index is 1.09. The van der Waals surface area contributed by atoms with Crippen molar-refractivity contribution >= 4 is 68.0 Å². The molecule has 0 spiro atoms. The van der Waals surface area contributed by atoms with Crippen LogP contribution in [0.15, 0.2) is 164 Å². The molecule has 0 saturated carbocycles. The number of fused-ring (bicyclic) bond motifs is 16. The molecule has 422 valence electrons. The second-order valence-corrected chi connectivity index (χ2v) is 31.5. The highest BCUT2D eigenvalue weighted by Crippen LogP contribution is 2.61. The van der Waals surface area contributed by atoms with Gasteiger partial charge in [-0.25, -0.2) is 0 Å². The number of anilines is 5. The van der Waals surface area contributed by atoms with Crippen LogP contribution in [0, 0.1) is 0 Å². The predicted molar refractivity (Wildman–Crippen MR) is 363 cm³/mol. The van der Waals surface area contributed by atoms with E-state index in [9.17, 15) is 0 Å². The Bertz CT molecular complexity index is 4350. The molecular formula is C80H84BN3. The second kappa shape index (κ2) is 17.5. The third kappa shape index (κ3) is 7.83. The van der Waals surface area contributed by atoms with Gasteiger partial charge in [0.25, 0.3) is 0 Å². The van der Waals surface area contributed by atoms with Crippen LogP contribution in [0.5, 0.6) is 0 Å². The summed E-state index contributed by atoms with van der Waals surface area (Å²) in [5.41, 5.74) is 32.3. The summed E-state index contributed by atoms with van der Waals surface area (Å²) in [7, 11) is 0. The lowest BCUT2D eigenvalue weighted by Gasteiger charge is -2.44. The van der Waals surface area contributed by atoms with E-state index >= 15 is 0 Å². The summed E-state index contributed by atoms with van der Waals surface area (Å²) >= 11 is 0. The Kier molecular flexibility index (Phi) is 11.3. The van der Waals surface area contributed by atoms with Gasteiger partial charge in [0.05, 0.1) is 11.0 Å². The maximum atomic E-state index is 2.78. The number of hydrogen-bond donors (Lipinski definition) is 0. The smallest absolute Gasteiger partial charge is 0.333 e. The topological polar surface area (TPSA) is 11.4 Å². The van der Waals surface area contributed by atoms with Crippen molar-refractivity contribution in [2.75, 3.05) is 9.71 Å². The second-order valence-electron chi connectivity index (χ2n) is 31.5. The first-order valence-corrected chi connectivity index (χ1v) is 31.0. The normalized spacial score (nSPS) is 15.5. The van der Waals surface area contributed by atoms with Crippen molar-refractivity contribution in [1.82, 2.24) is 4.57 Å². The number of rotatable bonds is 4. The van der Waals surface area contributed by atoms with E-state index in [1.54, 1.807) is 0 Å². The van der Waals surface area contributed by atoms with Gasteiger partial charge in [-0.05, 0) is 195 Å². The lowest BCUT2D eigenvalue weighted by atomic mass is 9.43. The molecule has 0 bridgehead atoms. The maximum absolute atomic E-state index is 2.78. The summed E-state index contributed by atoms with van der Waals surface area (Å²) in [6.07, 6.45) is 0. The van der Waals surface area contributed by atoms with Gasteiger partial charge in [-0.3, -0.25) is 0 Å². The minimum absolute atomic E-state index is 0.000549. The zero-order valence-electron chi connectivity index (χ0n) is 53.5. The maximum Gasteiger partial charge on any atom is 0.333 e. The standard InChI is InChI=1S/C80H84BN3/c1-74(2,3)47-24-32-52(33-25-47)82(53-34-26-48(27-35-53)75(4,5)6)55-38-39-56-58-45-60-67(46-63(58)79(16,17)62(56)44-55)84(54-36-28-49(29-37-54)76(7,8)9)81-64-43-51(78(13,14)15)31-41-66(64)83-65-40-30-50(77(10,11)12)42-59(65)70-71-68(69(60)72(81)73(70)83)57-22-20-21-23-61(57)80(71,18)19/h20-46H,1-19H3. The van der Waals surface area contributed by atoms with E-state index < -0.39 is 0 Å². The molecule has 0 saturated heterocycles. The molecule has 14 rings (SSSR count). The highest BCUT2D eigenvalue weighted by Gasteiger charge is 2.51. The number of hydrogen-bond acceptors (Lipinski definition) is 2. The molecular weight excluding hydrogens is 1010 g/mol. The average molecular weight is 1100 g/mol. The summed E-state index contributed by atoms with van der Waals surface area (Å²) in [5.74, 6) is 0. The summed E-state index contributed by atoms with van der Waals surface area (Å²) in [5, 5.41) is 2.75. The highest BCUT2D eigenvalue weighted by molar-refractivity contribution is 6.94. The number of nitrogens with zero attached hydrogens (tertiary/aromatic N) is 3. The van der Waals surface area contributed by atoms with Crippen molar-refractivity contribution in [2.45, 2.75) is 169 Å². The minimum Gasteiger partial charge on any atom is -0.376 e. The fourth-order valence-corrected chi connectivity index (χ4v) is 15.2. The van der Waals surface area contributed by atoms with Crippen molar-refractivity contribution in [3.8, 4) is 39.1 Å². The first-order chi connectivity index (χ1) is 39.3. The largest absolute Gasteiger partial charge is 0.376 e. The van der Waals surface area contributed by atoms with Crippen LogP contribution in [0.25, 0.3) is 60.9 Å². The molecule has 84 heavy (non-hydrogen) atoms. The van der Waals surface area contributed by atoms with E-state index in [0.717, 1.165) is 17.1 Å². The van der Waals surface area contributed by atoms with Crippen molar-refractivity contribution < 1.29 is 0 Å². The van der Waals surface area contributed by atoms with E-state index in [-0.39, 0.29) is 44.8 Å². The highest BCUT2D eigenvalue weighted by atomic mass is 15.1. The molecule has 0 N–H and O–H groups in total. The molecule has 4 aliphatic rings. The van der Waals surface area contributed by atoms with Crippen LogP contribution in [-0.2, 0) is 37.9 Å². The molecule has 0 unspecified atom stereocenters. The van der Waals surface area contributed by atoms with E-state index in [1.165, 1.54) is 133 Å². The summed E-state index contributed by atoms with van der Waals surface area (Å²) < 4.78 is 2.70. The van der Waals surface area contributed by atoms with Crippen LogP contribution in [-0.4, -0.2) is 11.4 Å². The Hall–Kier alpha value is -7.56. The van der Waals surface area contributed by atoms with Gasteiger partial charge in [-0.2, -0.15) is 0 Å². The molecule has 10 aromatic rings. The predicted octanol–water partition coefficient (Wildman–Crippen LogP) is 20.6. The van der Waals surface area contributed by atoms with Crippen molar-refractivity contribution in [3.63, 3.8) is 0 Å². The van der Waals surface area contributed by atoms with Gasteiger partial charge in [-0.1, -0.05) is 216 Å². The van der Waals surface area contributed by atoms with Gasteiger partial charge in [0, 0.05) is 61.3 Å². The van der Waals surface area contributed by atoms with Crippen LogP contribution in [0.3, 0.4) is 0 Å². The average Bonchev–Trinajstić information content (AvgIpc) is 1.43. The van der Waals surface area contributed by atoms with Crippen LogP contribution >= 0.6 is 0 Å². The summed E-state index contributed by atoms with van der Waals surface area (Å²) in [6, 6.07) is 65.2. The molecule has 0 atom stereocenters. The van der Waals surface area contributed by atoms with Crippen LogP contribution in [0.4, 0.5) is 28.4 Å². The van der Waals surface area contributed by atoms with Gasteiger partial charge in [0.15, 0.2) is 0 Å². The lowest BCUT2D eigenvalue weighted by Crippen LogP contribution is -2.61. The first kappa shape index (κ1) is 54.4. The molecule has 4 heteroatoms. The lowest BCUT2D eigenvalue weighted by molar-refractivity contribution is 0.590. The van der Waals surface area contributed by atoms with Crippen LogP contribution in [0.1, 0.15) is 182 Å². The third-order valence-electron chi connectivity index (χ3n) is 20.1. The molecule has 0 fully saturated rings. The Labute approximate surface area is 501 Å². The zero-order chi connectivity index (χ0) is 59.5. The number of aromatic nitrogens is 1. The van der Waals surface area contributed by atoms with Gasteiger partial charge in [0.2, 0.25) is 0 Å². The minimum atomic E-state index is -0.336. The van der Waals surface area contributed by atoms with E-state index in [1.807, 2.05) is 0 Å². The Morgan fingerprint density at radius 1 is 0.393 bits per heavy atom. The van der Waals surface area contributed by atoms with Crippen molar-refractivity contribution in [1.29, 1.82) is 0 Å². The Morgan fingerprint density at radius 2 is 0.905 bits per heavy atom. The summed E-state index contributed by atoms with van der Waals surface area (Å²) in [4.78, 5) is 5.26. The number of benzene rings is 9. The SMILES string of the molecule is CC(C)(C)c1ccc(N2B3c4cc(C(C)(C)C)ccc4-n4c5ccc(C(C)(C)C)cc5c5c6c(c(c3c54)-c3cc4c(cc32)C(C)(C)c2cc(N(c3ccc(C(C)(C)C)cc3)c3ccc(C(C)(C)C)cc3)ccc2-4)-c2ccccc2C6(C)C)cc1. The quantitative estimate of drug-likeness (QED) is 0.163. The van der Waals surface area contributed by atoms with Crippen LogP contribution < -0.4 is 20.6 Å². The molecule has 3 heterocycles. The first-order valence-electron chi connectivity index (χ1n) is 31.0. The molecule has 3 nitrogen and oxygen atoms in total. The summed E-state index contributed by atoms with van der Waals surface area (Å²) in [6.45, 7) is 44.8. The van der Waals surface area contributed by atoms with Gasteiger partial charge >= 0.3 is 6.85 Å². The van der Waals surface area contributed by atoms with E-state index in [0.29, 0.717) is 0 Å². The van der Waals surface area contributed by atoms with Crippen molar-refractivity contribution in [2.24, 2.45) is 0 Å². The molecule has 1 aromatic heterocycles. The molecule has 9 aromatic carbocycles. The third-order valence-corrected chi connectivity index (χ3v) is 20.1. The molecule has 2 aliphatic heterocycles. The molecule has 0 amide bonds. The molecule has 2 aliphatic carbocycles. The van der Waals surface area contributed by atoms with E-state index in [2.05, 4.69) is 310 Å². The molecule has 0 radical (unpaired) electrons. The van der Waals surface area contributed by atoms with Gasteiger partial charge in [-0.15, -0.1) is 0 Å². The zero-order valence-corrected chi connectivity index (χ0v) is 53.5. The fourth-order valence-electron chi connectivity index (χ4n) is 15.2. The Morgan fingerprint density at radius 3 is 1.49 bits per heavy atom. The van der Waals surface area contributed by atoms with Gasteiger partial charge in [0.1, 0.15) is 0 Å². The van der Waals surface area contributed by atoms with Crippen LogP contribution in [0.2, 0.25) is 0 Å². The van der Waals surface area contributed by atoms with E-state index in [4.69, 9.17) is 0 Å². The van der Waals surface area contributed by atoms with Gasteiger partial charge < -0.3 is 14.3 Å². The fraction of sp³-hybridized carbons (Fsp3) is 0.325.